The molecular weight excluding hydrogens is 256 g/mol. The number of alkyl halides is 1. The van der Waals surface area contributed by atoms with Gasteiger partial charge >= 0.3 is 0 Å². The molecule has 98 valence electrons. The number of hydrogen-bond acceptors (Lipinski definition) is 1. The van der Waals surface area contributed by atoms with Crippen LogP contribution >= 0.6 is 11.6 Å². The van der Waals surface area contributed by atoms with Gasteiger partial charge in [-0.2, -0.15) is 0 Å². The van der Waals surface area contributed by atoms with Crippen molar-refractivity contribution in [1.82, 2.24) is 0 Å². The van der Waals surface area contributed by atoms with Gasteiger partial charge in [0, 0.05) is 5.88 Å². The van der Waals surface area contributed by atoms with Gasteiger partial charge in [-0.3, -0.25) is 0 Å². The Labute approximate surface area is 119 Å². The molecule has 1 fully saturated rings. The van der Waals surface area contributed by atoms with Gasteiger partial charge in [0.25, 0.3) is 0 Å². The molecule has 1 aliphatic rings. The molecule has 0 amide bonds. The van der Waals surface area contributed by atoms with E-state index in [4.69, 9.17) is 16.3 Å². The van der Waals surface area contributed by atoms with Crippen LogP contribution in [0.5, 0.6) is 11.5 Å². The number of halogens is 1. The zero-order valence-electron chi connectivity index (χ0n) is 11.0. The van der Waals surface area contributed by atoms with Gasteiger partial charge < -0.3 is 4.74 Å². The molecule has 2 heteroatoms. The lowest BCUT2D eigenvalue weighted by molar-refractivity contribution is 0.482. The van der Waals surface area contributed by atoms with E-state index < -0.39 is 0 Å². The van der Waals surface area contributed by atoms with Crippen LogP contribution in [-0.2, 0) is 11.3 Å². The molecule has 0 unspecified atom stereocenters. The van der Waals surface area contributed by atoms with Crippen LogP contribution in [0.4, 0.5) is 0 Å². The standard InChI is InChI=1S/C17H17ClO/c1-17(10-11-17)14-4-8-16(9-5-14)19-15-6-2-13(12-18)3-7-15/h2-9H,10-12H2,1H3. The molecular formula is C17H17ClO. The van der Waals surface area contributed by atoms with Crippen LogP contribution in [0, 0.1) is 0 Å². The molecule has 2 aromatic rings. The van der Waals surface area contributed by atoms with Gasteiger partial charge in [-0.25, -0.2) is 0 Å². The third-order valence-electron chi connectivity index (χ3n) is 3.86. The molecule has 1 nitrogen and oxygen atoms in total. The quantitative estimate of drug-likeness (QED) is 0.689. The van der Waals surface area contributed by atoms with E-state index in [1.54, 1.807) is 0 Å². The topological polar surface area (TPSA) is 9.23 Å². The molecule has 0 radical (unpaired) electrons. The summed E-state index contributed by atoms with van der Waals surface area (Å²) in [5, 5.41) is 0. The molecule has 0 saturated heterocycles. The normalized spacial score (nSPS) is 16.1. The van der Waals surface area contributed by atoms with Crippen molar-refractivity contribution in [2.75, 3.05) is 0 Å². The summed E-state index contributed by atoms with van der Waals surface area (Å²) in [5.74, 6) is 2.26. The maximum atomic E-state index is 5.82. The predicted octanol–water partition coefficient (Wildman–Crippen LogP) is 5.27. The van der Waals surface area contributed by atoms with Gasteiger partial charge in [-0.05, 0) is 53.6 Å². The molecule has 0 heterocycles. The van der Waals surface area contributed by atoms with E-state index in [-0.39, 0.29) is 0 Å². The Hall–Kier alpha value is -1.47. The maximum absolute atomic E-state index is 5.82. The van der Waals surface area contributed by atoms with Crippen LogP contribution in [0.25, 0.3) is 0 Å². The highest BCUT2D eigenvalue weighted by Gasteiger charge is 2.38. The number of ether oxygens (including phenoxy) is 1. The Balaban J connectivity index is 1.72. The molecule has 0 aromatic heterocycles. The van der Waals surface area contributed by atoms with Gasteiger partial charge in [0.15, 0.2) is 0 Å². The summed E-state index contributed by atoms with van der Waals surface area (Å²) in [4.78, 5) is 0. The van der Waals surface area contributed by atoms with E-state index in [0.717, 1.165) is 17.1 Å². The second kappa shape index (κ2) is 4.90. The van der Waals surface area contributed by atoms with Crippen LogP contribution in [-0.4, -0.2) is 0 Å². The minimum atomic E-state index is 0.417. The van der Waals surface area contributed by atoms with Crippen LogP contribution < -0.4 is 4.74 Å². The second-order valence-electron chi connectivity index (χ2n) is 5.46. The monoisotopic (exact) mass is 272 g/mol. The van der Waals surface area contributed by atoms with Gasteiger partial charge in [0.2, 0.25) is 0 Å². The van der Waals surface area contributed by atoms with Gasteiger partial charge in [-0.1, -0.05) is 31.2 Å². The molecule has 0 spiro atoms. The van der Waals surface area contributed by atoms with Crippen molar-refractivity contribution in [2.24, 2.45) is 0 Å². The summed E-state index contributed by atoms with van der Waals surface area (Å²) in [7, 11) is 0. The average molecular weight is 273 g/mol. The summed E-state index contributed by atoms with van der Waals surface area (Å²) >= 11 is 5.76. The van der Waals surface area contributed by atoms with E-state index in [1.165, 1.54) is 18.4 Å². The fraction of sp³-hybridized carbons (Fsp3) is 0.294. The summed E-state index contributed by atoms with van der Waals surface area (Å²) in [6, 6.07) is 16.3. The zero-order valence-corrected chi connectivity index (χ0v) is 11.8. The molecule has 0 atom stereocenters. The lowest BCUT2D eigenvalue weighted by atomic mass is 9.99. The van der Waals surface area contributed by atoms with Crippen molar-refractivity contribution in [3.05, 3.63) is 59.7 Å². The highest BCUT2D eigenvalue weighted by molar-refractivity contribution is 6.17. The van der Waals surface area contributed by atoms with Gasteiger partial charge in [-0.15, -0.1) is 11.6 Å². The molecule has 19 heavy (non-hydrogen) atoms. The fourth-order valence-electron chi connectivity index (χ4n) is 2.18. The van der Waals surface area contributed by atoms with E-state index in [0.29, 0.717) is 11.3 Å². The van der Waals surface area contributed by atoms with Gasteiger partial charge in [0.1, 0.15) is 11.5 Å². The number of hydrogen-bond donors (Lipinski definition) is 0. The Morgan fingerprint density at radius 2 is 1.47 bits per heavy atom. The lowest BCUT2D eigenvalue weighted by Crippen LogP contribution is -1.98. The van der Waals surface area contributed by atoms with E-state index >= 15 is 0 Å². The Morgan fingerprint density at radius 3 is 1.95 bits per heavy atom. The Bertz CT molecular complexity index is 553. The summed E-state index contributed by atoms with van der Waals surface area (Å²) in [6.45, 7) is 2.31. The van der Waals surface area contributed by atoms with Crippen molar-refractivity contribution in [1.29, 1.82) is 0 Å². The van der Waals surface area contributed by atoms with Crippen molar-refractivity contribution < 1.29 is 4.74 Å². The van der Waals surface area contributed by atoms with Crippen LogP contribution in [0.15, 0.2) is 48.5 Å². The van der Waals surface area contributed by atoms with Crippen molar-refractivity contribution >= 4 is 11.6 Å². The minimum Gasteiger partial charge on any atom is -0.457 e. The largest absolute Gasteiger partial charge is 0.457 e. The molecule has 0 aliphatic heterocycles. The Kier molecular flexibility index (Phi) is 3.24. The summed E-state index contributed by atoms with van der Waals surface area (Å²) < 4.78 is 5.82. The molecule has 3 rings (SSSR count). The highest BCUT2D eigenvalue weighted by Crippen LogP contribution is 2.47. The zero-order chi connectivity index (χ0) is 13.3. The fourth-order valence-corrected chi connectivity index (χ4v) is 2.36. The first kappa shape index (κ1) is 12.6. The number of rotatable bonds is 4. The molecule has 1 saturated carbocycles. The first-order chi connectivity index (χ1) is 9.19. The third kappa shape index (κ3) is 2.76. The van der Waals surface area contributed by atoms with Crippen molar-refractivity contribution in [2.45, 2.75) is 31.1 Å². The predicted molar refractivity (Wildman–Crippen MR) is 79.1 cm³/mol. The Morgan fingerprint density at radius 1 is 0.947 bits per heavy atom. The molecule has 2 aromatic carbocycles. The van der Waals surface area contributed by atoms with Crippen LogP contribution in [0.1, 0.15) is 30.9 Å². The van der Waals surface area contributed by atoms with Crippen LogP contribution in [0.3, 0.4) is 0 Å². The highest BCUT2D eigenvalue weighted by atomic mass is 35.5. The molecule has 1 aliphatic carbocycles. The summed E-state index contributed by atoms with van der Waals surface area (Å²) in [5.41, 5.74) is 2.93. The third-order valence-corrected chi connectivity index (χ3v) is 4.17. The lowest BCUT2D eigenvalue weighted by Gasteiger charge is -2.10. The molecule has 0 bridgehead atoms. The van der Waals surface area contributed by atoms with Crippen molar-refractivity contribution in [3.63, 3.8) is 0 Å². The van der Waals surface area contributed by atoms with Crippen LogP contribution in [0.2, 0.25) is 0 Å². The summed E-state index contributed by atoms with van der Waals surface area (Å²) in [6.07, 6.45) is 2.60. The first-order valence-corrected chi connectivity index (χ1v) is 7.16. The smallest absolute Gasteiger partial charge is 0.127 e. The average Bonchev–Trinajstić information content (AvgIpc) is 3.20. The van der Waals surface area contributed by atoms with E-state index in [9.17, 15) is 0 Å². The maximum Gasteiger partial charge on any atom is 0.127 e. The van der Waals surface area contributed by atoms with E-state index in [2.05, 4.69) is 19.1 Å². The first-order valence-electron chi connectivity index (χ1n) is 6.63. The van der Waals surface area contributed by atoms with Gasteiger partial charge in [0.05, 0.1) is 0 Å². The number of benzene rings is 2. The van der Waals surface area contributed by atoms with E-state index in [1.807, 2.05) is 36.4 Å². The second-order valence-corrected chi connectivity index (χ2v) is 5.73. The van der Waals surface area contributed by atoms with Crippen molar-refractivity contribution in [3.8, 4) is 11.5 Å². The molecule has 0 N–H and O–H groups in total. The minimum absolute atomic E-state index is 0.417. The SMILES string of the molecule is CC1(c2ccc(Oc3ccc(CCl)cc3)cc2)CC1.